The van der Waals surface area contributed by atoms with Crippen LogP contribution < -0.4 is 9.47 Å². The van der Waals surface area contributed by atoms with Crippen LogP contribution in [0.5, 0.6) is 11.8 Å². The van der Waals surface area contributed by atoms with Crippen molar-refractivity contribution in [3.63, 3.8) is 0 Å². The number of hydrogen-bond acceptors (Lipinski definition) is 6. The van der Waals surface area contributed by atoms with Crippen molar-refractivity contribution in [1.29, 1.82) is 0 Å². The molecule has 17 heavy (non-hydrogen) atoms. The van der Waals surface area contributed by atoms with Crippen LogP contribution in [0.4, 0.5) is 0 Å². The molecule has 6 heteroatoms. The minimum Gasteiger partial charge on any atom is -0.481 e. The van der Waals surface area contributed by atoms with Crippen molar-refractivity contribution in [1.82, 2.24) is 9.97 Å². The van der Waals surface area contributed by atoms with Crippen LogP contribution in [-0.4, -0.2) is 36.3 Å². The summed E-state index contributed by atoms with van der Waals surface area (Å²) in [6.45, 7) is 3.57. The van der Waals surface area contributed by atoms with E-state index in [4.69, 9.17) is 14.2 Å². The molecule has 0 atom stereocenters. The second-order valence-electron chi connectivity index (χ2n) is 3.58. The molecule has 0 aromatic carbocycles. The molecule has 0 spiro atoms. The van der Waals surface area contributed by atoms with Crippen LogP contribution in [0, 0.1) is 0 Å². The fraction of sp³-hybridized carbons (Fsp3) is 0.545. The third-order valence-corrected chi connectivity index (χ3v) is 1.81. The van der Waals surface area contributed by atoms with Gasteiger partial charge in [0.05, 0.1) is 26.4 Å². The van der Waals surface area contributed by atoms with Gasteiger partial charge in [-0.25, -0.2) is 0 Å². The number of carbonyl (C=O) groups excluding carboxylic acids is 1. The van der Waals surface area contributed by atoms with Gasteiger partial charge in [0.25, 0.3) is 0 Å². The average Bonchev–Trinajstić information content (AvgIpc) is 2.27. The standard InChI is InChI=1S/C11H16N2O4/c1-7(2)17-11(14)5-8-12-9(15-3)6-10(13-8)16-4/h6-7H,5H2,1-4H3. The highest BCUT2D eigenvalue weighted by atomic mass is 16.5. The summed E-state index contributed by atoms with van der Waals surface area (Å²) in [5.74, 6) is 0.635. The van der Waals surface area contributed by atoms with E-state index < -0.39 is 0 Å². The van der Waals surface area contributed by atoms with Gasteiger partial charge in [0.1, 0.15) is 12.2 Å². The first-order chi connectivity index (χ1) is 8.05. The van der Waals surface area contributed by atoms with E-state index in [-0.39, 0.29) is 18.5 Å². The van der Waals surface area contributed by atoms with Gasteiger partial charge in [-0.3, -0.25) is 4.79 Å². The van der Waals surface area contributed by atoms with Crippen molar-refractivity contribution in [2.75, 3.05) is 14.2 Å². The number of aromatic nitrogens is 2. The van der Waals surface area contributed by atoms with Crippen molar-refractivity contribution in [3.05, 3.63) is 11.9 Å². The van der Waals surface area contributed by atoms with E-state index in [0.29, 0.717) is 17.6 Å². The Labute approximate surface area is 99.9 Å². The van der Waals surface area contributed by atoms with Crippen molar-refractivity contribution < 1.29 is 19.0 Å². The Morgan fingerprint density at radius 3 is 2.18 bits per heavy atom. The smallest absolute Gasteiger partial charge is 0.313 e. The Kier molecular flexibility index (Phi) is 4.68. The van der Waals surface area contributed by atoms with E-state index in [9.17, 15) is 4.79 Å². The molecular formula is C11H16N2O4. The second kappa shape index (κ2) is 6.03. The predicted octanol–water partition coefficient (Wildman–Crippen LogP) is 0.988. The van der Waals surface area contributed by atoms with Gasteiger partial charge in [-0.05, 0) is 13.8 Å². The Hall–Kier alpha value is -1.85. The molecule has 0 amide bonds. The maximum absolute atomic E-state index is 11.4. The van der Waals surface area contributed by atoms with Crippen LogP contribution in [-0.2, 0) is 16.0 Å². The van der Waals surface area contributed by atoms with Gasteiger partial charge < -0.3 is 14.2 Å². The molecule has 0 N–H and O–H groups in total. The quantitative estimate of drug-likeness (QED) is 0.715. The van der Waals surface area contributed by atoms with Crippen LogP contribution in [0.15, 0.2) is 6.07 Å². The van der Waals surface area contributed by atoms with Gasteiger partial charge in [0, 0.05) is 0 Å². The van der Waals surface area contributed by atoms with Gasteiger partial charge in [0.2, 0.25) is 11.8 Å². The lowest BCUT2D eigenvalue weighted by atomic mass is 10.4. The predicted molar refractivity (Wildman–Crippen MR) is 60.1 cm³/mol. The zero-order chi connectivity index (χ0) is 12.8. The number of carbonyl (C=O) groups is 1. The first-order valence-corrected chi connectivity index (χ1v) is 5.20. The zero-order valence-corrected chi connectivity index (χ0v) is 10.4. The monoisotopic (exact) mass is 240 g/mol. The second-order valence-corrected chi connectivity index (χ2v) is 3.58. The minimum absolute atomic E-state index is 0.00819. The largest absolute Gasteiger partial charge is 0.481 e. The summed E-state index contributed by atoms with van der Waals surface area (Å²) in [6, 6.07) is 1.54. The number of methoxy groups -OCH3 is 2. The highest BCUT2D eigenvalue weighted by molar-refractivity contribution is 5.71. The lowest BCUT2D eigenvalue weighted by Gasteiger charge is -2.08. The van der Waals surface area contributed by atoms with Crippen molar-refractivity contribution in [3.8, 4) is 11.8 Å². The maximum atomic E-state index is 11.4. The van der Waals surface area contributed by atoms with Gasteiger partial charge in [0.15, 0.2) is 0 Å². The molecule has 1 aromatic rings. The molecular weight excluding hydrogens is 224 g/mol. The van der Waals surface area contributed by atoms with Crippen LogP contribution in [0.1, 0.15) is 19.7 Å². The number of esters is 1. The van der Waals surface area contributed by atoms with Gasteiger partial charge in [-0.2, -0.15) is 9.97 Å². The third kappa shape index (κ3) is 4.26. The van der Waals surface area contributed by atoms with Crippen molar-refractivity contribution >= 4 is 5.97 Å². The number of rotatable bonds is 5. The van der Waals surface area contributed by atoms with E-state index in [1.165, 1.54) is 20.3 Å². The Morgan fingerprint density at radius 2 is 1.76 bits per heavy atom. The summed E-state index contributed by atoms with van der Waals surface area (Å²) in [7, 11) is 2.97. The molecule has 1 rings (SSSR count). The van der Waals surface area contributed by atoms with Crippen LogP contribution in [0.2, 0.25) is 0 Å². The molecule has 0 aliphatic carbocycles. The third-order valence-electron chi connectivity index (χ3n) is 1.81. The highest BCUT2D eigenvalue weighted by Gasteiger charge is 2.12. The molecule has 0 fully saturated rings. The number of nitrogens with zero attached hydrogens (tertiary/aromatic N) is 2. The summed E-state index contributed by atoms with van der Waals surface area (Å²) < 4.78 is 15.0. The topological polar surface area (TPSA) is 70.5 Å². The van der Waals surface area contributed by atoms with Crippen LogP contribution in [0.25, 0.3) is 0 Å². The van der Waals surface area contributed by atoms with Crippen molar-refractivity contribution in [2.24, 2.45) is 0 Å². The maximum Gasteiger partial charge on any atom is 0.313 e. The lowest BCUT2D eigenvalue weighted by Crippen LogP contribution is -2.15. The summed E-state index contributed by atoms with van der Waals surface area (Å²) in [4.78, 5) is 19.5. The minimum atomic E-state index is -0.379. The molecule has 0 bridgehead atoms. The van der Waals surface area contributed by atoms with Gasteiger partial charge >= 0.3 is 5.97 Å². The SMILES string of the molecule is COc1cc(OC)nc(CC(=O)OC(C)C)n1. The average molecular weight is 240 g/mol. The summed E-state index contributed by atoms with van der Waals surface area (Å²) >= 11 is 0. The molecule has 0 aliphatic rings. The molecule has 0 saturated carbocycles. The first-order valence-electron chi connectivity index (χ1n) is 5.20. The van der Waals surface area contributed by atoms with Gasteiger partial charge in [-0.15, -0.1) is 0 Å². The summed E-state index contributed by atoms with van der Waals surface area (Å²) in [5, 5.41) is 0. The molecule has 1 aromatic heterocycles. The molecule has 0 aliphatic heterocycles. The number of hydrogen-bond donors (Lipinski definition) is 0. The molecule has 0 saturated heterocycles. The Bertz CT molecular complexity index is 371. The van der Waals surface area contributed by atoms with Crippen molar-refractivity contribution in [2.45, 2.75) is 26.4 Å². The van der Waals surface area contributed by atoms with E-state index in [1.807, 2.05) is 0 Å². The summed E-state index contributed by atoms with van der Waals surface area (Å²) in [6.07, 6.45) is -0.166. The zero-order valence-electron chi connectivity index (χ0n) is 10.4. The lowest BCUT2D eigenvalue weighted by molar-refractivity contribution is -0.146. The molecule has 0 radical (unpaired) electrons. The molecule has 0 unspecified atom stereocenters. The summed E-state index contributed by atoms with van der Waals surface area (Å²) in [5.41, 5.74) is 0. The van der Waals surface area contributed by atoms with E-state index in [2.05, 4.69) is 9.97 Å². The highest BCUT2D eigenvalue weighted by Crippen LogP contribution is 2.15. The van der Waals surface area contributed by atoms with E-state index >= 15 is 0 Å². The van der Waals surface area contributed by atoms with E-state index in [0.717, 1.165) is 0 Å². The fourth-order valence-electron chi connectivity index (χ4n) is 1.17. The fourth-order valence-corrected chi connectivity index (χ4v) is 1.17. The van der Waals surface area contributed by atoms with Gasteiger partial charge in [-0.1, -0.05) is 0 Å². The van der Waals surface area contributed by atoms with Crippen LogP contribution in [0.3, 0.4) is 0 Å². The Morgan fingerprint density at radius 1 is 1.24 bits per heavy atom. The normalized spacial score (nSPS) is 10.2. The Balaban J connectivity index is 2.79. The first kappa shape index (κ1) is 13.2. The molecule has 6 nitrogen and oxygen atoms in total. The van der Waals surface area contributed by atoms with E-state index in [1.54, 1.807) is 13.8 Å². The molecule has 94 valence electrons. The van der Waals surface area contributed by atoms with Crippen LogP contribution >= 0.6 is 0 Å². The number of ether oxygens (including phenoxy) is 3. The molecule has 1 heterocycles.